The molecule has 6 heteroatoms. The van der Waals surface area contributed by atoms with Gasteiger partial charge in [-0.25, -0.2) is 0 Å². The largest absolute Gasteiger partial charge is 0.454 e. The van der Waals surface area contributed by atoms with Crippen molar-refractivity contribution in [2.45, 2.75) is 32.7 Å². The van der Waals surface area contributed by atoms with Crippen molar-refractivity contribution in [1.82, 2.24) is 5.32 Å². The summed E-state index contributed by atoms with van der Waals surface area (Å²) in [6, 6.07) is 15.3. The molecule has 0 aliphatic carbocycles. The van der Waals surface area contributed by atoms with Gasteiger partial charge in [0.2, 0.25) is 6.79 Å². The quantitative estimate of drug-likeness (QED) is 0.611. The highest BCUT2D eigenvalue weighted by molar-refractivity contribution is 5.97. The minimum atomic E-state index is -0.445. The number of hydrogen-bond acceptors (Lipinski definition) is 5. The van der Waals surface area contributed by atoms with Crippen LogP contribution in [0.15, 0.2) is 54.2 Å². The predicted molar refractivity (Wildman–Crippen MR) is 107 cm³/mol. The Morgan fingerprint density at radius 3 is 2.54 bits per heavy atom. The highest BCUT2D eigenvalue weighted by Gasteiger charge is 2.15. The molecule has 2 N–H and O–H groups in total. The number of hydrogen-bond donors (Lipinski definition) is 2. The van der Waals surface area contributed by atoms with Crippen molar-refractivity contribution in [1.29, 1.82) is 5.26 Å². The molecule has 0 spiro atoms. The molecule has 1 heterocycles. The number of nitriles is 1. The first-order valence-corrected chi connectivity index (χ1v) is 9.01. The van der Waals surface area contributed by atoms with Gasteiger partial charge in [-0.15, -0.1) is 0 Å². The van der Waals surface area contributed by atoms with Gasteiger partial charge in [0.1, 0.15) is 11.6 Å². The zero-order valence-electron chi connectivity index (χ0n) is 16.2. The normalized spacial score (nSPS) is 13.0. The van der Waals surface area contributed by atoms with Crippen LogP contribution in [0.1, 0.15) is 31.9 Å². The number of benzene rings is 2. The highest BCUT2D eigenvalue weighted by Crippen LogP contribution is 2.32. The first-order chi connectivity index (χ1) is 13.4. The zero-order valence-corrected chi connectivity index (χ0v) is 16.2. The third-order valence-corrected chi connectivity index (χ3v) is 4.39. The summed E-state index contributed by atoms with van der Waals surface area (Å²) in [4.78, 5) is 12.3. The molecule has 0 aromatic heterocycles. The Hall–Kier alpha value is -3.46. The first-order valence-electron chi connectivity index (χ1n) is 9.01. The topological polar surface area (TPSA) is 83.4 Å². The van der Waals surface area contributed by atoms with E-state index in [0.29, 0.717) is 11.5 Å². The fourth-order valence-corrected chi connectivity index (χ4v) is 2.70. The molecule has 1 aliphatic heterocycles. The van der Waals surface area contributed by atoms with E-state index in [2.05, 4.69) is 31.4 Å². The number of amides is 1. The molecule has 2 aromatic rings. The molecule has 0 unspecified atom stereocenters. The molecule has 3 rings (SSSR count). The van der Waals surface area contributed by atoms with Crippen molar-refractivity contribution >= 4 is 11.6 Å². The third kappa shape index (κ3) is 4.63. The van der Waals surface area contributed by atoms with E-state index in [0.717, 1.165) is 11.3 Å². The molecule has 0 saturated carbocycles. The molecule has 2 aromatic carbocycles. The predicted octanol–water partition coefficient (Wildman–Crippen LogP) is 3.85. The van der Waals surface area contributed by atoms with E-state index in [9.17, 15) is 10.1 Å². The van der Waals surface area contributed by atoms with Crippen LogP contribution in [0.5, 0.6) is 11.5 Å². The number of rotatable bonds is 5. The van der Waals surface area contributed by atoms with Gasteiger partial charge >= 0.3 is 0 Å². The van der Waals surface area contributed by atoms with Gasteiger partial charge in [-0.1, -0.05) is 39.0 Å². The number of carbonyl (C=O) groups is 1. The van der Waals surface area contributed by atoms with Crippen LogP contribution in [-0.2, 0) is 16.8 Å². The van der Waals surface area contributed by atoms with Crippen LogP contribution in [0, 0.1) is 11.3 Å². The Morgan fingerprint density at radius 2 is 1.86 bits per heavy atom. The second-order valence-electron chi connectivity index (χ2n) is 7.51. The Labute approximate surface area is 164 Å². The molecule has 0 bridgehead atoms. The summed E-state index contributed by atoms with van der Waals surface area (Å²) in [5.74, 6) is 0.900. The smallest absolute Gasteiger partial charge is 0.263 e. The summed E-state index contributed by atoms with van der Waals surface area (Å²) in [5, 5.41) is 15.0. The van der Waals surface area contributed by atoms with E-state index in [-0.39, 0.29) is 24.3 Å². The van der Waals surface area contributed by atoms with Gasteiger partial charge in [-0.3, -0.25) is 4.79 Å². The summed E-state index contributed by atoms with van der Waals surface area (Å²) < 4.78 is 10.6. The summed E-state index contributed by atoms with van der Waals surface area (Å²) in [6.45, 7) is 6.93. The van der Waals surface area contributed by atoms with E-state index < -0.39 is 5.91 Å². The van der Waals surface area contributed by atoms with Crippen LogP contribution in [0.2, 0.25) is 0 Å². The second kappa shape index (κ2) is 8.05. The Balaban J connectivity index is 1.59. The first kappa shape index (κ1) is 19.3. The standard InChI is InChI=1S/C22H23N3O3/c1-22(2,3)17-5-7-18(8-6-17)24-13-16(11-23)21(26)25-12-15-4-9-19-20(10-15)28-14-27-19/h4-10,13,24H,12,14H2,1-3H3,(H,25,26)/b16-13-. The Bertz CT molecular complexity index is 935. The Kier molecular flexibility index (Phi) is 5.55. The number of anilines is 1. The number of nitrogens with zero attached hydrogens (tertiary/aromatic N) is 1. The monoisotopic (exact) mass is 377 g/mol. The molecular weight excluding hydrogens is 354 g/mol. The van der Waals surface area contributed by atoms with Crippen LogP contribution in [-0.4, -0.2) is 12.7 Å². The molecule has 6 nitrogen and oxygen atoms in total. The van der Waals surface area contributed by atoms with Crippen LogP contribution in [0.3, 0.4) is 0 Å². The number of carbonyl (C=O) groups excluding carboxylic acids is 1. The Morgan fingerprint density at radius 1 is 1.14 bits per heavy atom. The van der Waals surface area contributed by atoms with Gasteiger partial charge < -0.3 is 20.1 Å². The number of ether oxygens (including phenoxy) is 2. The maximum atomic E-state index is 12.3. The molecule has 1 amide bonds. The summed E-state index contributed by atoms with van der Waals surface area (Å²) in [7, 11) is 0. The summed E-state index contributed by atoms with van der Waals surface area (Å²) >= 11 is 0. The van der Waals surface area contributed by atoms with Crippen molar-refractivity contribution in [3.05, 3.63) is 65.4 Å². The van der Waals surface area contributed by atoms with Crippen LogP contribution < -0.4 is 20.1 Å². The van der Waals surface area contributed by atoms with Crippen molar-refractivity contribution in [3.8, 4) is 17.6 Å². The SMILES string of the molecule is CC(C)(C)c1ccc(N/C=C(/C#N)C(=O)NCc2ccc3c(c2)OCO3)cc1. The van der Waals surface area contributed by atoms with E-state index in [1.54, 1.807) is 6.07 Å². The van der Waals surface area contributed by atoms with Crippen LogP contribution in [0.4, 0.5) is 5.69 Å². The lowest BCUT2D eigenvalue weighted by molar-refractivity contribution is -0.117. The zero-order chi connectivity index (χ0) is 20.1. The number of fused-ring (bicyclic) bond motifs is 1. The second-order valence-corrected chi connectivity index (χ2v) is 7.51. The van der Waals surface area contributed by atoms with Gasteiger partial charge in [-0.2, -0.15) is 5.26 Å². The fraction of sp³-hybridized carbons (Fsp3) is 0.273. The number of nitrogens with one attached hydrogen (secondary N) is 2. The average Bonchev–Trinajstić information content (AvgIpc) is 3.14. The van der Waals surface area contributed by atoms with Gasteiger partial charge in [0, 0.05) is 18.4 Å². The van der Waals surface area contributed by atoms with E-state index >= 15 is 0 Å². The summed E-state index contributed by atoms with van der Waals surface area (Å²) in [6.07, 6.45) is 1.42. The van der Waals surface area contributed by atoms with E-state index in [1.807, 2.05) is 42.5 Å². The lowest BCUT2D eigenvalue weighted by atomic mass is 9.87. The molecule has 0 saturated heterocycles. The fourth-order valence-electron chi connectivity index (χ4n) is 2.70. The molecule has 0 atom stereocenters. The molecule has 0 fully saturated rings. The van der Waals surface area contributed by atoms with Gasteiger partial charge in [0.05, 0.1) is 0 Å². The van der Waals surface area contributed by atoms with Crippen LogP contribution in [0.25, 0.3) is 0 Å². The van der Waals surface area contributed by atoms with Crippen molar-refractivity contribution in [2.24, 2.45) is 0 Å². The molecule has 28 heavy (non-hydrogen) atoms. The molecule has 1 aliphatic rings. The molecule has 144 valence electrons. The van der Waals surface area contributed by atoms with E-state index in [1.165, 1.54) is 11.8 Å². The lowest BCUT2D eigenvalue weighted by Gasteiger charge is -2.19. The minimum absolute atomic E-state index is 0.000594. The minimum Gasteiger partial charge on any atom is -0.454 e. The average molecular weight is 377 g/mol. The summed E-state index contributed by atoms with van der Waals surface area (Å²) in [5.41, 5.74) is 2.95. The van der Waals surface area contributed by atoms with Crippen molar-refractivity contribution in [2.75, 3.05) is 12.1 Å². The van der Waals surface area contributed by atoms with Gasteiger partial charge in [0.25, 0.3) is 5.91 Å². The van der Waals surface area contributed by atoms with Gasteiger partial charge in [0.15, 0.2) is 11.5 Å². The van der Waals surface area contributed by atoms with Crippen molar-refractivity contribution in [3.63, 3.8) is 0 Å². The highest BCUT2D eigenvalue weighted by atomic mass is 16.7. The van der Waals surface area contributed by atoms with E-state index in [4.69, 9.17) is 9.47 Å². The lowest BCUT2D eigenvalue weighted by Crippen LogP contribution is -2.24. The van der Waals surface area contributed by atoms with Crippen molar-refractivity contribution < 1.29 is 14.3 Å². The van der Waals surface area contributed by atoms with Crippen LogP contribution >= 0.6 is 0 Å². The maximum Gasteiger partial charge on any atom is 0.263 e. The van der Waals surface area contributed by atoms with Gasteiger partial charge in [-0.05, 0) is 40.8 Å². The maximum absolute atomic E-state index is 12.3. The molecular formula is C22H23N3O3. The molecule has 0 radical (unpaired) electrons. The third-order valence-electron chi connectivity index (χ3n) is 4.39.